The fraction of sp³-hybridized carbons (Fsp3) is 0.200. The number of anilines is 1. The molecular weight excluding hydrogens is 196 g/mol. The summed E-state index contributed by atoms with van der Waals surface area (Å²) in [5.74, 6) is 0.447. The fourth-order valence-corrected chi connectivity index (χ4v) is 1.39. The van der Waals surface area contributed by atoms with Gasteiger partial charge in [-0.25, -0.2) is 4.79 Å². The van der Waals surface area contributed by atoms with Gasteiger partial charge in [-0.3, -0.25) is 4.79 Å². The van der Waals surface area contributed by atoms with E-state index in [9.17, 15) is 9.59 Å². The second kappa shape index (κ2) is 3.55. The molecule has 0 saturated heterocycles. The Morgan fingerprint density at radius 2 is 2.33 bits per heavy atom. The van der Waals surface area contributed by atoms with Gasteiger partial charge in [-0.2, -0.15) is 4.99 Å². The number of rotatable bonds is 1. The molecule has 1 aliphatic heterocycles. The van der Waals surface area contributed by atoms with Gasteiger partial charge in [-0.05, 0) is 12.1 Å². The molecule has 15 heavy (non-hydrogen) atoms. The van der Waals surface area contributed by atoms with Crippen LogP contribution in [-0.4, -0.2) is 25.6 Å². The SMILES string of the molecule is CN1C(=O)COc2cc(N=C=O)ccc21. The van der Waals surface area contributed by atoms with Crippen LogP contribution in [0.3, 0.4) is 0 Å². The Bertz CT molecular complexity index is 464. The van der Waals surface area contributed by atoms with Crippen molar-refractivity contribution >= 4 is 23.4 Å². The summed E-state index contributed by atoms with van der Waals surface area (Å²) in [4.78, 5) is 26.3. The van der Waals surface area contributed by atoms with Crippen molar-refractivity contribution in [1.29, 1.82) is 0 Å². The monoisotopic (exact) mass is 204 g/mol. The highest BCUT2D eigenvalue weighted by molar-refractivity contribution is 5.97. The van der Waals surface area contributed by atoms with Crippen LogP contribution in [0.25, 0.3) is 0 Å². The lowest BCUT2D eigenvalue weighted by Crippen LogP contribution is -2.35. The van der Waals surface area contributed by atoms with Crippen molar-refractivity contribution < 1.29 is 14.3 Å². The lowest BCUT2D eigenvalue weighted by molar-refractivity contribution is -0.120. The third kappa shape index (κ3) is 1.60. The number of hydrogen-bond acceptors (Lipinski definition) is 4. The lowest BCUT2D eigenvalue weighted by Gasteiger charge is -2.25. The fourth-order valence-electron chi connectivity index (χ4n) is 1.39. The highest BCUT2D eigenvalue weighted by atomic mass is 16.5. The minimum Gasteiger partial charge on any atom is -0.481 e. The Morgan fingerprint density at radius 3 is 3.07 bits per heavy atom. The molecule has 0 aromatic heterocycles. The maximum atomic E-state index is 11.3. The van der Waals surface area contributed by atoms with Crippen LogP contribution >= 0.6 is 0 Å². The first-order chi connectivity index (χ1) is 7.22. The summed E-state index contributed by atoms with van der Waals surface area (Å²) in [7, 11) is 1.67. The summed E-state index contributed by atoms with van der Waals surface area (Å²) in [6.07, 6.45) is 1.45. The zero-order valence-corrected chi connectivity index (χ0v) is 8.06. The first-order valence-corrected chi connectivity index (χ1v) is 4.33. The van der Waals surface area contributed by atoms with E-state index in [4.69, 9.17) is 4.74 Å². The molecule has 5 nitrogen and oxygen atoms in total. The van der Waals surface area contributed by atoms with Gasteiger partial charge in [0.15, 0.2) is 6.61 Å². The number of ether oxygens (including phenoxy) is 1. The summed E-state index contributed by atoms with van der Waals surface area (Å²) in [5.41, 5.74) is 1.14. The van der Waals surface area contributed by atoms with Crippen molar-refractivity contribution in [1.82, 2.24) is 0 Å². The molecule has 0 spiro atoms. The zero-order chi connectivity index (χ0) is 10.8. The van der Waals surface area contributed by atoms with E-state index in [0.29, 0.717) is 17.1 Å². The van der Waals surface area contributed by atoms with Gasteiger partial charge in [-0.15, -0.1) is 0 Å². The molecule has 0 unspecified atom stereocenters. The van der Waals surface area contributed by atoms with Gasteiger partial charge in [0.05, 0.1) is 11.4 Å². The van der Waals surface area contributed by atoms with Crippen molar-refractivity contribution in [3.8, 4) is 5.75 Å². The van der Waals surface area contributed by atoms with Crippen LogP contribution in [0.2, 0.25) is 0 Å². The van der Waals surface area contributed by atoms with E-state index in [0.717, 1.165) is 0 Å². The number of fused-ring (bicyclic) bond motifs is 1. The molecule has 0 bridgehead atoms. The van der Waals surface area contributed by atoms with Gasteiger partial charge in [0.2, 0.25) is 6.08 Å². The maximum absolute atomic E-state index is 11.3. The summed E-state index contributed by atoms with van der Waals surface area (Å²) in [6.45, 7) is 0.0117. The third-order valence-corrected chi connectivity index (χ3v) is 2.20. The molecule has 5 heteroatoms. The van der Waals surface area contributed by atoms with Crippen LogP contribution in [0.4, 0.5) is 11.4 Å². The van der Waals surface area contributed by atoms with Crippen molar-refractivity contribution in [3.05, 3.63) is 18.2 Å². The van der Waals surface area contributed by atoms with E-state index in [1.54, 1.807) is 25.2 Å². The zero-order valence-electron chi connectivity index (χ0n) is 8.06. The van der Waals surface area contributed by atoms with Crippen LogP contribution in [0, 0.1) is 0 Å². The maximum Gasteiger partial charge on any atom is 0.264 e. The molecule has 0 atom stereocenters. The van der Waals surface area contributed by atoms with E-state index < -0.39 is 0 Å². The van der Waals surface area contributed by atoms with Gasteiger partial charge in [0.25, 0.3) is 5.91 Å². The number of carbonyl (C=O) groups excluding carboxylic acids is 2. The quantitative estimate of drug-likeness (QED) is 0.506. The Kier molecular flexibility index (Phi) is 2.23. The second-order valence-electron chi connectivity index (χ2n) is 3.10. The van der Waals surface area contributed by atoms with Gasteiger partial charge >= 0.3 is 0 Å². The molecule has 2 rings (SSSR count). The Balaban J connectivity index is 2.46. The molecule has 76 valence electrons. The average molecular weight is 204 g/mol. The average Bonchev–Trinajstić information content (AvgIpc) is 2.24. The molecule has 1 heterocycles. The van der Waals surface area contributed by atoms with E-state index in [1.165, 1.54) is 11.0 Å². The molecule has 0 radical (unpaired) electrons. The highest BCUT2D eigenvalue weighted by Gasteiger charge is 2.21. The van der Waals surface area contributed by atoms with E-state index >= 15 is 0 Å². The van der Waals surface area contributed by atoms with Gasteiger partial charge in [-0.1, -0.05) is 0 Å². The standard InChI is InChI=1S/C10H8N2O3/c1-12-8-3-2-7(11-6-13)4-9(8)15-5-10(12)14/h2-4H,5H2,1H3. The number of nitrogens with zero attached hydrogens (tertiary/aromatic N) is 2. The Hall–Kier alpha value is -2.13. The van der Waals surface area contributed by atoms with Crippen LogP contribution in [0.1, 0.15) is 0 Å². The minimum absolute atomic E-state index is 0.0117. The minimum atomic E-state index is -0.103. The molecule has 0 fully saturated rings. The number of aliphatic imine (C=N–C) groups is 1. The molecule has 0 N–H and O–H groups in total. The Labute approximate surface area is 86.0 Å². The molecule has 1 aromatic carbocycles. The number of amides is 1. The summed E-state index contributed by atoms with van der Waals surface area (Å²) < 4.78 is 5.21. The predicted molar refractivity (Wildman–Crippen MR) is 53.1 cm³/mol. The lowest BCUT2D eigenvalue weighted by atomic mass is 10.2. The van der Waals surface area contributed by atoms with Crippen molar-refractivity contribution in [2.45, 2.75) is 0 Å². The molecule has 1 aliphatic rings. The third-order valence-electron chi connectivity index (χ3n) is 2.20. The van der Waals surface area contributed by atoms with Crippen molar-refractivity contribution in [2.24, 2.45) is 4.99 Å². The predicted octanol–water partition coefficient (Wildman–Crippen LogP) is 1.01. The normalized spacial score (nSPS) is 13.9. The smallest absolute Gasteiger partial charge is 0.264 e. The second-order valence-corrected chi connectivity index (χ2v) is 3.10. The topological polar surface area (TPSA) is 59.0 Å². The van der Waals surface area contributed by atoms with Crippen LogP contribution in [0.5, 0.6) is 5.75 Å². The van der Waals surface area contributed by atoms with Crippen LogP contribution in [0.15, 0.2) is 23.2 Å². The van der Waals surface area contributed by atoms with E-state index in [2.05, 4.69) is 4.99 Å². The largest absolute Gasteiger partial charge is 0.481 e. The molecule has 0 saturated carbocycles. The summed E-state index contributed by atoms with van der Waals surface area (Å²) in [5, 5.41) is 0. The highest BCUT2D eigenvalue weighted by Crippen LogP contribution is 2.34. The molecule has 1 amide bonds. The molecule has 0 aliphatic carbocycles. The van der Waals surface area contributed by atoms with Crippen LogP contribution in [-0.2, 0) is 9.59 Å². The first-order valence-electron chi connectivity index (χ1n) is 4.33. The van der Waals surface area contributed by atoms with E-state index in [-0.39, 0.29) is 12.5 Å². The van der Waals surface area contributed by atoms with Gasteiger partial charge < -0.3 is 9.64 Å². The van der Waals surface area contributed by atoms with Crippen LogP contribution < -0.4 is 9.64 Å². The number of likely N-dealkylation sites (N-methyl/N-ethyl adjacent to an activating group) is 1. The number of isocyanates is 1. The number of carbonyl (C=O) groups is 1. The number of benzene rings is 1. The van der Waals surface area contributed by atoms with E-state index in [1.807, 2.05) is 0 Å². The first kappa shape index (κ1) is 9.43. The Morgan fingerprint density at radius 1 is 1.53 bits per heavy atom. The van der Waals surface area contributed by atoms with Crippen molar-refractivity contribution in [2.75, 3.05) is 18.6 Å². The van der Waals surface area contributed by atoms with Crippen molar-refractivity contribution in [3.63, 3.8) is 0 Å². The molecular formula is C10H8N2O3. The summed E-state index contributed by atoms with van der Waals surface area (Å²) in [6, 6.07) is 4.91. The van der Waals surface area contributed by atoms with Gasteiger partial charge in [0, 0.05) is 13.1 Å². The molecule has 1 aromatic rings. The van der Waals surface area contributed by atoms with Gasteiger partial charge in [0.1, 0.15) is 5.75 Å². The summed E-state index contributed by atoms with van der Waals surface area (Å²) >= 11 is 0. The number of hydrogen-bond donors (Lipinski definition) is 0.